The van der Waals surface area contributed by atoms with Gasteiger partial charge in [-0.15, -0.1) is 0 Å². The monoisotopic (exact) mass is 520 g/mol. The van der Waals surface area contributed by atoms with Gasteiger partial charge in [-0.2, -0.15) is 5.10 Å². The molecule has 37 heavy (non-hydrogen) atoms. The Morgan fingerprint density at radius 3 is 2.43 bits per heavy atom. The number of pyridine rings is 1. The molecule has 0 fully saturated rings. The highest BCUT2D eigenvalue weighted by Crippen LogP contribution is 2.29. The summed E-state index contributed by atoms with van der Waals surface area (Å²) in [5.41, 5.74) is 0.312. The number of aromatic amines is 1. The SMILES string of the molecule is O=C(c1ccc(F)c(NS(=O)(=O)Cc2ccccc2)c1F)c1[nH]nc2ncc(-c3ccc(O)cc3)cc12. The fourth-order valence-corrected chi connectivity index (χ4v) is 5.03. The molecule has 5 rings (SSSR count). The molecule has 0 saturated carbocycles. The first-order valence-electron chi connectivity index (χ1n) is 10.9. The lowest BCUT2D eigenvalue weighted by Gasteiger charge is -2.12. The molecule has 2 heterocycles. The number of carbonyl (C=O) groups excluding carboxylic acids is 1. The number of nitrogens with zero attached hydrogens (tertiary/aromatic N) is 2. The quantitative estimate of drug-likeness (QED) is 0.265. The number of sulfonamides is 1. The molecule has 0 aliphatic rings. The van der Waals surface area contributed by atoms with E-state index in [0.717, 1.165) is 12.1 Å². The molecule has 3 aromatic carbocycles. The number of rotatable bonds is 7. The van der Waals surface area contributed by atoms with E-state index in [9.17, 15) is 22.7 Å². The van der Waals surface area contributed by atoms with Gasteiger partial charge in [0.05, 0.1) is 16.7 Å². The Kier molecular flexibility index (Phi) is 6.14. The summed E-state index contributed by atoms with van der Waals surface area (Å²) in [5.74, 6) is -3.82. The van der Waals surface area contributed by atoms with Gasteiger partial charge in [0.15, 0.2) is 11.5 Å². The number of hydrogen-bond donors (Lipinski definition) is 3. The number of benzene rings is 3. The van der Waals surface area contributed by atoms with Gasteiger partial charge in [-0.1, -0.05) is 42.5 Å². The van der Waals surface area contributed by atoms with Crippen LogP contribution < -0.4 is 4.72 Å². The predicted octanol–water partition coefficient (Wildman–Crippen LogP) is 4.78. The molecule has 0 spiro atoms. The lowest BCUT2D eigenvalue weighted by molar-refractivity contribution is 0.103. The standard InChI is InChI=1S/C26H18F2N4O4S/c27-21-11-10-19(22(28)24(21)32-37(35,36)14-15-4-2-1-3-5-15)25(34)23-20-12-17(13-29-26(20)31-30-23)16-6-8-18(33)9-7-16/h1-13,32-33H,14H2,(H,29,30,31). The zero-order chi connectivity index (χ0) is 26.2. The van der Waals surface area contributed by atoms with E-state index in [0.29, 0.717) is 16.7 Å². The number of anilines is 1. The van der Waals surface area contributed by atoms with Crippen LogP contribution in [-0.4, -0.2) is 34.5 Å². The van der Waals surface area contributed by atoms with Gasteiger partial charge in [-0.25, -0.2) is 22.2 Å². The minimum atomic E-state index is -4.19. The van der Waals surface area contributed by atoms with E-state index in [4.69, 9.17) is 0 Å². The Morgan fingerprint density at radius 1 is 0.973 bits per heavy atom. The number of halogens is 2. The van der Waals surface area contributed by atoms with Crippen LogP contribution in [0.3, 0.4) is 0 Å². The maximum atomic E-state index is 15.4. The Balaban J connectivity index is 1.50. The Morgan fingerprint density at radius 2 is 1.70 bits per heavy atom. The van der Waals surface area contributed by atoms with E-state index in [1.807, 2.05) is 4.72 Å². The van der Waals surface area contributed by atoms with Crippen LogP contribution in [0.2, 0.25) is 0 Å². The Labute approximate surface area is 209 Å². The molecule has 5 aromatic rings. The number of phenolic OH excluding ortho intramolecular Hbond substituents is 1. The van der Waals surface area contributed by atoms with E-state index < -0.39 is 44.4 Å². The van der Waals surface area contributed by atoms with Gasteiger partial charge in [0.1, 0.15) is 22.9 Å². The summed E-state index contributed by atoms with van der Waals surface area (Å²) < 4.78 is 57.0. The minimum Gasteiger partial charge on any atom is -0.508 e. The van der Waals surface area contributed by atoms with Crippen molar-refractivity contribution in [2.45, 2.75) is 5.75 Å². The number of aromatic hydroxyl groups is 1. The minimum absolute atomic E-state index is 0.0824. The molecule has 8 nitrogen and oxygen atoms in total. The molecule has 0 amide bonds. The summed E-state index contributed by atoms with van der Waals surface area (Å²) in [5, 5.41) is 16.3. The molecule has 3 N–H and O–H groups in total. The van der Waals surface area contributed by atoms with E-state index in [-0.39, 0.29) is 22.5 Å². The Hall–Kier alpha value is -4.64. The fourth-order valence-electron chi connectivity index (χ4n) is 3.83. The average molecular weight is 521 g/mol. The number of nitrogens with one attached hydrogen (secondary N) is 2. The van der Waals surface area contributed by atoms with Crippen LogP contribution in [0.1, 0.15) is 21.6 Å². The van der Waals surface area contributed by atoms with Gasteiger partial charge >= 0.3 is 0 Å². The lowest BCUT2D eigenvalue weighted by Crippen LogP contribution is -2.18. The van der Waals surface area contributed by atoms with Gasteiger partial charge in [-0.3, -0.25) is 14.6 Å². The summed E-state index contributed by atoms with van der Waals surface area (Å²) in [6, 6.07) is 17.8. The number of fused-ring (bicyclic) bond motifs is 1. The molecule has 0 aliphatic heterocycles. The van der Waals surface area contributed by atoms with Gasteiger partial charge in [0, 0.05) is 11.8 Å². The maximum Gasteiger partial charge on any atom is 0.237 e. The zero-order valence-electron chi connectivity index (χ0n) is 18.9. The molecule has 0 bridgehead atoms. The summed E-state index contributed by atoms with van der Waals surface area (Å²) >= 11 is 0. The Bertz CT molecular complexity index is 1740. The van der Waals surface area contributed by atoms with Crippen molar-refractivity contribution in [2.75, 3.05) is 4.72 Å². The number of H-pyrrole nitrogens is 1. The second-order valence-electron chi connectivity index (χ2n) is 8.20. The van der Waals surface area contributed by atoms with E-state index in [1.54, 1.807) is 48.5 Å². The van der Waals surface area contributed by atoms with Crippen LogP contribution in [0.5, 0.6) is 5.75 Å². The molecule has 2 aromatic heterocycles. The second kappa shape index (κ2) is 9.43. The van der Waals surface area contributed by atoms with Crippen molar-refractivity contribution in [1.29, 1.82) is 0 Å². The molecule has 186 valence electrons. The van der Waals surface area contributed by atoms with Gasteiger partial charge in [0.25, 0.3) is 0 Å². The number of carbonyl (C=O) groups is 1. The average Bonchev–Trinajstić information content (AvgIpc) is 3.30. The summed E-state index contributed by atoms with van der Waals surface area (Å²) in [6.45, 7) is 0. The largest absolute Gasteiger partial charge is 0.508 e. The summed E-state index contributed by atoms with van der Waals surface area (Å²) in [7, 11) is -4.19. The number of ketones is 1. The highest BCUT2D eigenvalue weighted by atomic mass is 32.2. The van der Waals surface area contributed by atoms with Crippen LogP contribution in [0.4, 0.5) is 14.5 Å². The lowest BCUT2D eigenvalue weighted by atomic mass is 10.0. The van der Waals surface area contributed by atoms with Gasteiger partial charge < -0.3 is 5.11 Å². The third-order valence-corrected chi connectivity index (χ3v) is 6.86. The van der Waals surface area contributed by atoms with Crippen molar-refractivity contribution in [2.24, 2.45) is 0 Å². The van der Waals surface area contributed by atoms with Crippen LogP contribution >= 0.6 is 0 Å². The number of phenols is 1. The van der Waals surface area contributed by atoms with Crippen molar-refractivity contribution in [3.05, 3.63) is 107 Å². The molecular weight excluding hydrogens is 502 g/mol. The van der Waals surface area contributed by atoms with Crippen molar-refractivity contribution in [1.82, 2.24) is 15.2 Å². The van der Waals surface area contributed by atoms with Crippen LogP contribution in [0.15, 0.2) is 79.0 Å². The smallest absolute Gasteiger partial charge is 0.237 e. The zero-order valence-corrected chi connectivity index (χ0v) is 19.8. The number of hydrogen-bond acceptors (Lipinski definition) is 6. The molecule has 0 saturated heterocycles. The third kappa shape index (κ3) is 4.89. The molecule has 0 aliphatic carbocycles. The van der Waals surface area contributed by atoms with Crippen molar-refractivity contribution >= 4 is 32.5 Å². The predicted molar refractivity (Wildman–Crippen MR) is 133 cm³/mol. The number of aromatic nitrogens is 3. The third-order valence-electron chi connectivity index (χ3n) is 5.63. The van der Waals surface area contributed by atoms with Crippen molar-refractivity contribution in [3.63, 3.8) is 0 Å². The van der Waals surface area contributed by atoms with E-state index >= 15 is 4.39 Å². The van der Waals surface area contributed by atoms with Crippen molar-refractivity contribution < 1.29 is 27.1 Å². The highest BCUT2D eigenvalue weighted by molar-refractivity contribution is 7.91. The summed E-state index contributed by atoms with van der Waals surface area (Å²) in [4.78, 5) is 17.5. The van der Waals surface area contributed by atoms with E-state index in [1.165, 1.54) is 18.3 Å². The normalized spacial score (nSPS) is 11.5. The van der Waals surface area contributed by atoms with Gasteiger partial charge in [-0.05, 0) is 41.5 Å². The second-order valence-corrected chi connectivity index (χ2v) is 9.92. The molecule has 0 unspecified atom stereocenters. The van der Waals surface area contributed by atoms with Crippen LogP contribution in [0.25, 0.3) is 22.2 Å². The highest BCUT2D eigenvalue weighted by Gasteiger charge is 2.26. The van der Waals surface area contributed by atoms with Crippen LogP contribution in [-0.2, 0) is 15.8 Å². The first-order chi connectivity index (χ1) is 17.7. The first-order valence-corrected chi connectivity index (χ1v) is 12.6. The molecule has 11 heteroatoms. The van der Waals surface area contributed by atoms with Crippen LogP contribution in [0, 0.1) is 11.6 Å². The first kappa shape index (κ1) is 24.1. The maximum absolute atomic E-state index is 15.4. The van der Waals surface area contributed by atoms with Crippen molar-refractivity contribution in [3.8, 4) is 16.9 Å². The molecular formula is C26H18F2N4O4S. The fraction of sp³-hybridized carbons (Fsp3) is 0.0385. The summed E-state index contributed by atoms with van der Waals surface area (Å²) in [6.07, 6.45) is 1.53. The molecule has 0 atom stereocenters. The topological polar surface area (TPSA) is 125 Å². The molecule has 0 radical (unpaired) electrons. The van der Waals surface area contributed by atoms with E-state index in [2.05, 4.69) is 15.2 Å². The van der Waals surface area contributed by atoms with Gasteiger partial charge in [0.2, 0.25) is 15.8 Å².